The first-order chi connectivity index (χ1) is 21.0. The van der Waals surface area contributed by atoms with Crippen molar-refractivity contribution in [2.24, 2.45) is 23.7 Å². The molecule has 0 spiro atoms. The summed E-state index contributed by atoms with van der Waals surface area (Å²) in [4.78, 5) is 77.4. The number of carbonyl (C=O) groups is 5. The first-order valence-electron chi connectivity index (χ1n) is 15.2. The molecular weight excluding hydrogens is 650 g/mol. The number of aromatic nitrogens is 1. The van der Waals surface area contributed by atoms with E-state index in [-0.39, 0.29) is 43.6 Å². The third-order valence-electron chi connectivity index (χ3n) is 9.11. The van der Waals surface area contributed by atoms with Gasteiger partial charge in [0, 0.05) is 25.2 Å². The highest BCUT2D eigenvalue weighted by molar-refractivity contribution is 9.11. The van der Waals surface area contributed by atoms with Crippen molar-refractivity contribution in [1.29, 1.82) is 0 Å². The Morgan fingerprint density at radius 2 is 1.75 bits per heavy atom. The Hall–Kier alpha value is -3.32. The van der Waals surface area contributed by atoms with Crippen LogP contribution in [0.3, 0.4) is 0 Å². The predicted octanol–water partition coefficient (Wildman–Crippen LogP) is 3.14. The van der Waals surface area contributed by atoms with Crippen molar-refractivity contribution in [3.8, 4) is 0 Å². The van der Waals surface area contributed by atoms with E-state index in [0.29, 0.717) is 22.3 Å². The number of halogens is 1. The largest absolute Gasteiger partial charge is 0.351 e. The molecule has 11 nitrogen and oxygen atoms in total. The molecule has 1 atom stereocenters. The van der Waals surface area contributed by atoms with Crippen molar-refractivity contribution in [2.45, 2.75) is 77.4 Å². The number of carbonyl (C=O) groups excluding carboxylic acids is 5. The summed E-state index contributed by atoms with van der Waals surface area (Å²) in [5.41, 5.74) is 0.0710. The topological polar surface area (TPSA) is 155 Å². The predicted molar refractivity (Wildman–Crippen MR) is 169 cm³/mol. The van der Waals surface area contributed by atoms with Crippen LogP contribution in [0.15, 0.2) is 33.0 Å². The fourth-order valence-corrected chi connectivity index (χ4v) is 8.96. The second-order valence-electron chi connectivity index (χ2n) is 12.3. The molecule has 6 rings (SSSR count). The van der Waals surface area contributed by atoms with E-state index in [1.807, 2.05) is 0 Å². The van der Waals surface area contributed by atoms with Crippen LogP contribution in [-0.2, 0) is 25.7 Å². The normalized spacial score (nSPS) is 23.9. The van der Waals surface area contributed by atoms with Gasteiger partial charge in [0.15, 0.2) is 0 Å². The van der Waals surface area contributed by atoms with Crippen molar-refractivity contribution >= 4 is 62.4 Å². The van der Waals surface area contributed by atoms with Gasteiger partial charge in [0.1, 0.15) is 18.3 Å². The summed E-state index contributed by atoms with van der Waals surface area (Å²) in [5, 5.41) is 10.9. The van der Waals surface area contributed by atoms with E-state index < -0.39 is 35.1 Å². The molecule has 2 aromatic rings. The first kappa shape index (κ1) is 32.1. The number of pyridine rings is 1. The van der Waals surface area contributed by atoms with E-state index in [1.165, 1.54) is 34.6 Å². The molecule has 4 N–H and O–H groups in total. The number of hydrogen-bond acceptors (Lipinski definition) is 7. The van der Waals surface area contributed by atoms with Crippen LogP contribution in [0.25, 0.3) is 0 Å². The zero-order valence-corrected chi connectivity index (χ0v) is 27.2. The van der Waals surface area contributed by atoms with Gasteiger partial charge in [0.2, 0.25) is 17.6 Å². The van der Waals surface area contributed by atoms with Gasteiger partial charge in [0.25, 0.3) is 17.4 Å². The SMILES string of the molecule is CCNC(=O)C(=O)CC[C@H](NC(=O)c1sc(Br)cc1C)C(=O)Nc1cccn(CC(=O)NC2C3CC4CC(C3)CC2C4)c1=O. The number of likely N-dealkylation sites (N-methyl/N-ethyl adjacent to an activating group) is 1. The Bertz CT molecular complexity index is 1490. The number of thiophene rings is 1. The molecule has 0 aromatic carbocycles. The summed E-state index contributed by atoms with van der Waals surface area (Å²) in [6, 6.07) is 3.69. The van der Waals surface area contributed by atoms with Gasteiger partial charge in [-0.3, -0.25) is 28.8 Å². The van der Waals surface area contributed by atoms with Crippen molar-refractivity contribution in [3.63, 3.8) is 0 Å². The summed E-state index contributed by atoms with van der Waals surface area (Å²) in [7, 11) is 0. The van der Waals surface area contributed by atoms with Crippen LogP contribution in [0.1, 0.15) is 67.1 Å². The van der Waals surface area contributed by atoms with Crippen LogP contribution in [0.5, 0.6) is 0 Å². The van der Waals surface area contributed by atoms with Gasteiger partial charge in [-0.1, -0.05) is 0 Å². The van der Waals surface area contributed by atoms with Crippen LogP contribution in [0.2, 0.25) is 0 Å². The molecule has 4 amide bonds. The maximum Gasteiger partial charge on any atom is 0.287 e. The molecule has 4 fully saturated rings. The van der Waals surface area contributed by atoms with Gasteiger partial charge in [-0.25, -0.2) is 0 Å². The lowest BCUT2D eigenvalue weighted by Gasteiger charge is -2.54. The Labute approximate surface area is 268 Å². The molecule has 13 heteroatoms. The average Bonchev–Trinajstić information content (AvgIpc) is 3.32. The lowest BCUT2D eigenvalue weighted by molar-refractivity contribution is -0.138. The van der Waals surface area contributed by atoms with Crippen molar-refractivity contribution in [3.05, 3.63) is 49.0 Å². The third kappa shape index (κ3) is 7.31. The monoisotopic (exact) mass is 687 g/mol. The number of rotatable bonds is 12. The second kappa shape index (κ2) is 13.8. The highest BCUT2D eigenvalue weighted by Gasteiger charge is 2.48. The van der Waals surface area contributed by atoms with E-state index >= 15 is 0 Å². The summed E-state index contributed by atoms with van der Waals surface area (Å²) in [6.45, 7) is 3.54. The van der Waals surface area contributed by atoms with Gasteiger partial charge >= 0.3 is 0 Å². The van der Waals surface area contributed by atoms with Crippen LogP contribution in [0, 0.1) is 30.6 Å². The van der Waals surface area contributed by atoms with Gasteiger partial charge < -0.3 is 25.8 Å². The number of anilines is 1. The molecule has 4 saturated carbocycles. The van der Waals surface area contributed by atoms with Gasteiger partial charge in [0.05, 0.1) is 8.66 Å². The second-order valence-corrected chi connectivity index (χ2v) is 14.7. The fourth-order valence-electron chi connectivity index (χ4n) is 7.33. The van der Waals surface area contributed by atoms with Crippen LogP contribution in [-0.4, -0.2) is 52.6 Å². The zero-order valence-electron chi connectivity index (χ0n) is 24.8. The number of aryl methyl sites for hydroxylation is 1. The highest BCUT2D eigenvalue weighted by atomic mass is 79.9. The number of hydrogen-bond donors (Lipinski definition) is 4. The van der Waals surface area contributed by atoms with E-state index in [0.717, 1.165) is 41.3 Å². The Morgan fingerprint density at radius 1 is 1.07 bits per heavy atom. The maximum absolute atomic E-state index is 13.4. The summed E-state index contributed by atoms with van der Waals surface area (Å²) < 4.78 is 1.99. The van der Waals surface area contributed by atoms with Crippen molar-refractivity contribution < 1.29 is 24.0 Å². The number of ketones is 1. The minimum absolute atomic E-state index is 0.0655. The van der Waals surface area contributed by atoms with E-state index in [9.17, 15) is 28.8 Å². The van der Waals surface area contributed by atoms with E-state index in [4.69, 9.17) is 0 Å². The quantitative estimate of drug-likeness (QED) is 0.251. The highest BCUT2D eigenvalue weighted by Crippen LogP contribution is 2.53. The Kier molecular flexibility index (Phi) is 10.0. The Balaban J connectivity index is 1.25. The molecule has 236 valence electrons. The van der Waals surface area contributed by atoms with E-state index in [1.54, 1.807) is 26.0 Å². The van der Waals surface area contributed by atoms with Gasteiger partial charge in [-0.2, -0.15) is 0 Å². The number of nitrogens with one attached hydrogen (secondary N) is 4. The maximum atomic E-state index is 13.4. The molecule has 44 heavy (non-hydrogen) atoms. The lowest BCUT2D eigenvalue weighted by Crippen LogP contribution is -2.56. The molecular formula is C31H38BrN5O6S. The molecule has 0 saturated heterocycles. The fraction of sp³-hybridized carbons (Fsp3) is 0.548. The summed E-state index contributed by atoms with van der Waals surface area (Å²) >= 11 is 4.55. The van der Waals surface area contributed by atoms with Gasteiger partial charge in [-0.15, -0.1) is 11.3 Å². The third-order valence-corrected chi connectivity index (χ3v) is 10.9. The molecule has 2 aromatic heterocycles. The van der Waals surface area contributed by atoms with Crippen LogP contribution < -0.4 is 26.8 Å². The molecule has 0 radical (unpaired) electrons. The molecule has 4 aliphatic rings. The van der Waals surface area contributed by atoms with Crippen LogP contribution in [0.4, 0.5) is 5.69 Å². The molecule has 0 unspecified atom stereocenters. The smallest absolute Gasteiger partial charge is 0.287 e. The molecule has 4 bridgehead atoms. The molecule has 4 aliphatic carbocycles. The summed E-state index contributed by atoms with van der Waals surface area (Å²) in [6.07, 6.45) is 7.02. The lowest BCUT2D eigenvalue weighted by atomic mass is 9.54. The average molecular weight is 689 g/mol. The van der Waals surface area contributed by atoms with Gasteiger partial charge in [-0.05, 0) is 116 Å². The van der Waals surface area contributed by atoms with E-state index in [2.05, 4.69) is 37.2 Å². The minimum atomic E-state index is -1.21. The zero-order chi connectivity index (χ0) is 31.5. The van der Waals surface area contributed by atoms with Crippen molar-refractivity contribution in [2.75, 3.05) is 11.9 Å². The minimum Gasteiger partial charge on any atom is -0.351 e. The standard InChI is InChI=1S/C31H38BrN5O6S/c1-3-33-29(41)23(38)7-6-21(34-30(42)27-16(2)9-24(32)44-27)28(40)35-22-5-4-8-37(31(22)43)15-25(39)36-26-19-11-17-10-18(13-19)14-20(26)12-17/h4-5,8-9,17-21,26H,3,6-7,10-15H2,1-2H3,(H,33,41)(H,34,42)(H,35,40)(H,36,39)/t17?,18?,19?,20?,21-,26?/m0/s1. The van der Waals surface area contributed by atoms with Crippen molar-refractivity contribution in [1.82, 2.24) is 20.5 Å². The number of amides is 4. The summed E-state index contributed by atoms with van der Waals surface area (Å²) in [5.74, 6) is -0.393. The Morgan fingerprint density at radius 3 is 2.36 bits per heavy atom. The van der Waals surface area contributed by atoms with Crippen LogP contribution >= 0.6 is 27.3 Å². The number of Topliss-reactive ketones (excluding diaryl/α,β-unsaturated/α-hetero) is 1. The molecule has 2 heterocycles. The number of nitrogens with zero attached hydrogens (tertiary/aromatic N) is 1. The first-order valence-corrected chi connectivity index (χ1v) is 16.8. The molecule has 0 aliphatic heterocycles.